The minimum absolute atomic E-state index is 0.379. The van der Waals surface area contributed by atoms with Crippen LogP contribution < -0.4 is 10.2 Å². The first-order chi connectivity index (χ1) is 7.70. The summed E-state index contributed by atoms with van der Waals surface area (Å²) in [4.78, 5) is 10.6. The molecule has 0 aromatic carbocycles. The Kier molecular flexibility index (Phi) is 3.02. The second-order valence-electron chi connectivity index (χ2n) is 4.19. The molecule has 2 atom stereocenters. The molecule has 0 amide bonds. The van der Waals surface area contributed by atoms with Crippen LogP contribution >= 0.6 is 0 Å². The minimum Gasteiger partial charge on any atom is -0.335 e. The van der Waals surface area contributed by atoms with E-state index in [4.69, 9.17) is 5.26 Å². The van der Waals surface area contributed by atoms with Crippen LogP contribution in [-0.4, -0.2) is 35.1 Å². The van der Waals surface area contributed by atoms with Crippen LogP contribution in [0.4, 0.5) is 5.95 Å². The molecule has 1 aromatic heterocycles. The number of aromatic nitrogens is 2. The van der Waals surface area contributed by atoms with Gasteiger partial charge in [0.25, 0.3) is 0 Å². The molecule has 84 valence electrons. The lowest BCUT2D eigenvalue weighted by molar-refractivity contribution is 0.420. The highest BCUT2D eigenvalue weighted by atomic mass is 15.3. The highest BCUT2D eigenvalue weighted by molar-refractivity contribution is 5.35. The van der Waals surface area contributed by atoms with Crippen LogP contribution in [0.1, 0.15) is 19.4 Å². The number of nitrogens with one attached hydrogen (secondary N) is 1. The molecule has 0 unspecified atom stereocenters. The van der Waals surface area contributed by atoms with E-state index < -0.39 is 0 Å². The van der Waals surface area contributed by atoms with Crippen molar-refractivity contribution >= 4 is 5.95 Å². The molecule has 2 rings (SSSR count). The van der Waals surface area contributed by atoms with Crippen molar-refractivity contribution in [3.8, 4) is 6.07 Å². The van der Waals surface area contributed by atoms with Crippen molar-refractivity contribution in [2.24, 2.45) is 0 Å². The van der Waals surface area contributed by atoms with E-state index in [1.165, 1.54) is 0 Å². The minimum atomic E-state index is 0.379. The second kappa shape index (κ2) is 4.45. The van der Waals surface area contributed by atoms with Crippen molar-refractivity contribution in [2.75, 3.05) is 18.0 Å². The first-order valence-corrected chi connectivity index (χ1v) is 5.43. The molecule has 16 heavy (non-hydrogen) atoms. The van der Waals surface area contributed by atoms with Crippen molar-refractivity contribution in [1.29, 1.82) is 5.26 Å². The van der Waals surface area contributed by atoms with Crippen molar-refractivity contribution in [3.05, 3.63) is 18.0 Å². The summed E-state index contributed by atoms with van der Waals surface area (Å²) in [6.07, 6.45) is 3.14. The number of nitriles is 1. The summed E-state index contributed by atoms with van der Waals surface area (Å²) in [5.74, 6) is 0.708. The van der Waals surface area contributed by atoms with Gasteiger partial charge in [-0.2, -0.15) is 5.26 Å². The maximum Gasteiger partial charge on any atom is 0.225 e. The van der Waals surface area contributed by atoms with Crippen molar-refractivity contribution in [2.45, 2.75) is 25.9 Å². The van der Waals surface area contributed by atoms with Crippen LogP contribution in [0.5, 0.6) is 0 Å². The van der Waals surface area contributed by atoms with Gasteiger partial charge in [-0.15, -0.1) is 0 Å². The highest BCUT2D eigenvalue weighted by Crippen LogP contribution is 2.14. The third kappa shape index (κ3) is 2.12. The molecule has 0 aliphatic carbocycles. The Balaban J connectivity index is 2.18. The zero-order valence-corrected chi connectivity index (χ0v) is 9.51. The maximum absolute atomic E-state index is 8.68. The Morgan fingerprint density at radius 3 is 2.75 bits per heavy atom. The Labute approximate surface area is 95.1 Å². The van der Waals surface area contributed by atoms with E-state index in [2.05, 4.69) is 34.0 Å². The molecule has 1 aliphatic heterocycles. The van der Waals surface area contributed by atoms with Gasteiger partial charge in [0.15, 0.2) is 0 Å². The average molecular weight is 217 g/mol. The topological polar surface area (TPSA) is 64.8 Å². The fourth-order valence-corrected chi connectivity index (χ4v) is 1.83. The lowest BCUT2D eigenvalue weighted by atomic mass is 10.1. The quantitative estimate of drug-likeness (QED) is 0.743. The van der Waals surface area contributed by atoms with Crippen molar-refractivity contribution in [1.82, 2.24) is 15.3 Å². The Bertz CT molecular complexity index is 394. The molecule has 0 spiro atoms. The van der Waals surface area contributed by atoms with Crippen LogP contribution in [0.15, 0.2) is 12.4 Å². The van der Waals surface area contributed by atoms with Gasteiger partial charge in [-0.1, -0.05) is 0 Å². The van der Waals surface area contributed by atoms with E-state index in [9.17, 15) is 0 Å². The van der Waals surface area contributed by atoms with E-state index >= 15 is 0 Å². The summed E-state index contributed by atoms with van der Waals surface area (Å²) in [5, 5.41) is 12.1. The van der Waals surface area contributed by atoms with Crippen molar-refractivity contribution < 1.29 is 0 Å². The molecule has 5 nitrogen and oxygen atoms in total. The van der Waals surface area contributed by atoms with Crippen molar-refractivity contribution in [3.63, 3.8) is 0 Å². The molecule has 5 heteroatoms. The normalized spacial score (nSPS) is 25.2. The van der Waals surface area contributed by atoms with Crippen LogP contribution in [0.25, 0.3) is 0 Å². The number of hydrogen-bond donors (Lipinski definition) is 1. The smallest absolute Gasteiger partial charge is 0.225 e. The number of rotatable bonds is 1. The largest absolute Gasteiger partial charge is 0.335 e. The molecule has 0 bridgehead atoms. The Hall–Kier alpha value is -1.67. The van der Waals surface area contributed by atoms with Gasteiger partial charge in [-0.3, -0.25) is 0 Å². The first-order valence-electron chi connectivity index (χ1n) is 5.43. The number of nitrogens with zero attached hydrogens (tertiary/aromatic N) is 4. The molecule has 1 N–H and O–H groups in total. The molecule has 1 aliphatic rings. The van der Waals surface area contributed by atoms with E-state index in [-0.39, 0.29) is 0 Å². The van der Waals surface area contributed by atoms with Gasteiger partial charge in [-0.25, -0.2) is 9.97 Å². The molecule has 1 aromatic rings. The summed E-state index contributed by atoms with van der Waals surface area (Å²) in [7, 11) is 0. The summed E-state index contributed by atoms with van der Waals surface area (Å²) in [6.45, 7) is 6.11. The van der Waals surface area contributed by atoms with Gasteiger partial charge in [-0.05, 0) is 13.8 Å². The van der Waals surface area contributed by atoms with Gasteiger partial charge in [0.1, 0.15) is 6.07 Å². The van der Waals surface area contributed by atoms with Crippen LogP contribution in [0, 0.1) is 11.3 Å². The van der Waals surface area contributed by atoms with E-state index in [1.807, 2.05) is 6.07 Å². The van der Waals surface area contributed by atoms with Gasteiger partial charge in [0, 0.05) is 25.2 Å². The van der Waals surface area contributed by atoms with Crippen LogP contribution in [0.3, 0.4) is 0 Å². The fraction of sp³-hybridized carbons (Fsp3) is 0.545. The molecule has 2 heterocycles. The summed E-state index contributed by atoms with van der Waals surface area (Å²) >= 11 is 0. The standard InChI is InChI=1S/C11H15N5/c1-8-7-16(9(2)4-13-8)11-14-5-10(3-12)6-15-11/h5-6,8-9,13H,4,7H2,1-2H3/t8-,9+/m1/s1. The lowest BCUT2D eigenvalue weighted by Crippen LogP contribution is -2.55. The van der Waals surface area contributed by atoms with E-state index in [0.717, 1.165) is 13.1 Å². The zero-order valence-electron chi connectivity index (χ0n) is 9.51. The van der Waals surface area contributed by atoms with Crippen LogP contribution in [-0.2, 0) is 0 Å². The number of anilines is 1. The van der Waals surface area contributed by atoms with E-state index in [1.54, 1.807) is 12.4 Å². The van der Waals surface area contributed by atoms with Crippen LogP contribution in [0.2, 0.25) is 0 Å². The zero-order chi connectivity index (χ0) is 11.5. The second-order valence-corrected chi connectivity index (χ2v) is 4.19. The van der Waals surface area contributed by atoms with E-state index in [0.29, 0.717) is 23.6 Å². The summed E-state index contributed by atoms with van der Waals surface area (Å²) < 4.78 is 0. The molecule has 1 saturated heterocycles. The number of hydrogen-bond acceptors (Lipinski definition) is 5. The molecule has 0 radical (unpaired) electrons. The van der Waals surface area contributed by atoms with Gasteiger partial charge in [0.2, 0.25) is 5.95 Å². The molecule has 1 fully saturated rings. The average Bonchev–Trinajstić information content (AvgIpc) is 2.32. The SMILES string of the molecule is C[C@@H]1CN(c2ncc(C#N)cn2)[C@@H](C)CN1. The van der Waals surface area contributed by atoms with Gasteiger partial charge < -0.3 is 10.2 Å². The third-order valence-electron chi connectivity index (χ3n) is 2.79. The predicted octanol–water partition coefficient (Wildman–Crippen LogP) is 0.535. The predicted molar refractivity (Wildman–Crippen MR) is 61.0 cm³/mol. The number of piperazine rings is 1. The van der Waals surface area contributed by atoms with Gasteiger partial charge >= 0.3 is 0 Å². The Morgan fingerprint density at radius 2 is 2.12 bits per heavy atom. The first kappa shape index (κ1) is 10.8. The monoisotopic (exact) mass is 217 g/mol. The van der Waals surface area contributed by atoms with Gasteiger partial charge in [0.05, 0.1) is 18.0 Å². The molecular formula is C11H15N5. The summed E-state index contributed by atoms with van der Waals surface area (Å²) in [5.41, 5.74) is 0.500. The molecular weight excluding hydrogens is 202 g/mol. The Morgan fingerprint density at radius 1 is 1.44 bits per heavy atom. The third-order valence-corrected chi connectivity index (χ3v) is 2.79. The lowest BCUT2D eigenvalue weighted by Gasteiger charge is -2.37. The highest BCUT2D eigenvalue weighted by Gasteiger charge is 2.24. The maximum atomic E-state index is 8.68. The molecule has 0 saturated carbocycles. The fourth-order valence-electron chi connectivity index (χ4n) is 1.83. The summed E-state index contributed by atoms with van der Waals surface area (Å²) in [6, 6.07) is 2.84.